The Balaban J connectivity index is 1.94. The predicted octanol–water partition coefficient (Wildman–Crippen LogP) is 3.22. The van der Waals surface area contributed by atoms with E-state index in [4.69, 9.17) is 0 Å². The van der Waals surface area contributed by atoms with E-state index in [1.165, 1.54) is 12.1 Å². The van der Waals surface area contributed by atoms with Gasteiger partial charge in [0.1, 0.15) is 11.5 Å². The highest BCUT2D eigenvalue weighted by atomic mass is 19.1. The number of hydrogen-bond acceptors (Lipinski definition) is 3. The van der Waals surface area contributed by atoms with E-state index in [9.17, 15) is 9.18 Å². The van der Waals surface area contributed by atoms with Crippen molar-refractivity contribution < 1.29 is 9.18 Å². The number of amides is 1. The molecule has 0 fully saturated rings. The molecule has 1 heterocycles. The maximum Gasteiger partial charge on any atom is 0.270 e. The highest BCUT2D eigenvalue weighted by Gasteiger charge is 2.08. The fraction of sp³-hybridized carbons (Fsp3) is 0.294. The maximum absolute atomic E-state index is 12.8. The fourth-order valence-electron chi connectivity index (χ4n) is 1.86. The van der Waals surface area contributed by atoms with Gasteiger partial charge in [-0.2, -0.15) is 0 Å². The van der Waals surface area contributed by atoms with E-state index in [2.05, 4.69) is 29.5 Å². The van der Waals surface area contributed by atoms with Gasteiger partial charge in [0.15, 0.2) is 0 Å². The number of anilines is 1. The Bertz CT molecular complexity index is 626. The minimum atomic E-state index is -0.291. The molecule has 1 aromatic carbocycles. The molecule has 0 saturated carbocycles. The number of rotatable bonds is 6. The first kappa shape index (κ1) is 15.9. The van der Waals surface area contributed by atoms with Crippen molar-refractivity contribution in [3.05, 3.63) is 59.7 Å². The predicted molar refractivity (Wildman–Crippen MR) is 85.1 cm³/mol. The van der Waals surface area contributed by atoms with E-state index in [-0.39, 0.29) is 11.7 Å². The number of carbonyl (C=O) groups excluding carboxylic acids is 1. The zero-order valence-electron chi connectivity index (χ0n) is 12.8. The van der Waals surface area contributed by atoms with Crippen LogP contribution in [0.4, 0.5) is 10.1 Å². The summed E-state index contributed by atoms with van der Waals surface area (Å²) in [5.41, 5.74) is 2.07. The third kappa shape index (κ3) is 4.84. The van der Waals surface area contributed by atoms with Crippen molar-refractivity contribution in [2.45, 2.75) is 20.4 Å². The second-order valence-electron chi connectivity index (χ2n) is 5.51. The first-order valence-electron chi connectivity index (χ1n) is 7.27. The number of benzene rings is 1. The van der Waals surface area contributed by atoms with Crippen molar-refractivity contribution in [3.8, 4) is 0 Å². The minimum absolute atomic E-state index is 0.252. The summed E-state index contributed by atoms with van der Waals surface area (Å²) < 4.78 is 12.8. The van der Waals surface area contributed by atoms with Crippen LogP contribution in [0.2, 0.25) is 0 Å². The molecular formula is C17H20FN3O. The van der Waals surface area contributed by atoms with Gasteiger partial charge in [-0.05, 0) is 35.7 Å². The molecule has 0 radical (unpaired) electrons. The lowest BCUT2D eigenvalue weighted by Gasteiger charge is -2.10. The Morgan fingerprint density at radius 2 is 1.95 bits per heavy atom. The van der Waals surface area contributed by atoms with Crippen LogP contribution < -0.4 is 10.6 Å². The Kier molecular flexibility index (Phi) is 5.47. The van der Waals surface area contributed by atoms with Gasteiger partial charge < -0.3 is 10.6 Å². The number of hydrogen-bond donors (Lipinski definition) is 2. The summed E-state index contributed by atoms with van der Waals surface area (Å²) >= 11 is 0. The van der Waals surface area contributed by atoms with Crippen molar-refractivity contribution in [2.75, 3.05) is 11.9 Å². The molecule has 4 nitrogen and oxygen atoms in total. The van der Waals surface area contributed by atoms with Crippen LogP contribution in [0.15, 0.2) is 42.6 Å². The van der Waals surface area contributed by atoms with E-state index >= 15 is 0 Å². The van der Waals surface area contributed by atoms with Crippen molar-refractivity contribution >= 4 is 11.6 Å². The molecule has 0 aliphatic rings. The number of carbonyl (C=O) groups is 1. The monoisotopic (exact) mass is 301 g/mol. The van der Waals surface area contributed by atoms with Gasteiger partial charge in [0.05, 0.1) is 0 Å². The summed E-state index contributed by atoms with van der Waals surface area (Å²) in [5.74, 6) is -0.0258. The molecule has 5 heteroatoms. The molecule has 2 aromatic rings. The molecule has 0 bridgehead atoms. The van der Waals surface area contributed by atoms with Gasteiger partial charge in [-0.3, -0.25) is 9.78 Å². The summed E-state index contributed by atoms with van der Waals surface area (Å²) in [5, 5.41) is 6.03. The summed E-state index contributed by atoms with van der Waals surface area (Å²) in [6.07, 6.45) is 1.61. The van der Waals surface area contributed by atoms with Crippen molar-refractivity contribution in [2.24, 2.45) is 5.92 Å². The van der Waals surface area contributed by atoms with E-state index in [1.807, 2.05) is 6.07 Å². The second-order valence-corrected chi connectivity index (χ2v) is 5.51. The largest absolute Gasteiger partial charge is 0.385 e. The van der Waals surface area contributed by atoms with Gasteiger partial charge in [0.25, 0.3) is 5.91 Å². The SMILES string of the molecule is CC(C)CNc1ccnc(C(=O)NCc2ccc(F)cc2)c1. The van der Waals surface area contributed by atoms with Gasteiger partial charge in [-0.15, -0.1) is 0 Å². The number of halogens is 1. The van der Waals surface area contributed by atoms with Crippen molar-refractivity contribution in [1.29, 1.82) is 0 Å². The topological polar surface area (TPSA) is 54.0 Å². The van der Waals surface area contributed by atoms with E-state index in [0.29, 0.717) is 18.2 Å². The molecule has 1 amide bonds. The molecule has 116 valence electrons. The van der Waals surface area contributed by atoms with E-state index < -0.39 is 0 Å². The third-order valence-corrected chi connectivity index (χ3v) is 3.07. The molecule has 0 saturated heterocycles. The number of aromatic nitrogens is 1. The highest BCUT2D eigenvalue weighted by Crippen LogP contribution is 2.09. The van der Waals surface area contributed by atoms with Crippen LogP contribution in [-0.4, -0.2) is 17.4 Å². The average molecular weight is 301 g/mol. The Morgan fingerprint density at radius 3 is 2.64 bits per heavy atom. The molecule has 0 aliphatic carbocycles. The first-order chi connectivity index (χ1) is 10.5. The molecule has 0 atom stereocenters. The lowest BCUT2D eigenvalue weighted by molar-refractivity contribution is 0.0946. The fourth-order valence-corrected chi connectivity index (χ4v) is 1.86. The smallest absolute Gasteiger partial charge is 0.270 e. The van der Waals surface area contributed by atoms with Crippen LogP contribution >= 0.6 is 0 Å². The van der Waals surface area contributed by atoms with E-state index in [1.54, 1.807) is 24.4 Å². The van der Waals surface area contributed by atoms with Crippen molar-refractivity contribution in [3.63, 3.8) is 0 Å². The van der Waals surface area contributed by atoms with Crippen LogP contribution in [0, 0.1) is 11.7 Å². The summed E-state index contributed by atoms with van der Waals surface area (Å²) in [7, 11) is 0. The Morgan fingerprint density at radius 1 is 1.23 bits per heavy atom. The number of pyridine rings is 1. The van der Waals surface area contributed by atoms with Gasteiger partial charge >= 0.3 is 0 Å². The third-order valence-electron chi connectivity index (χ3n) is 3.07. The van der Waals surface area contributed by atoms with Gasteiger partial charge in [-0.25, -0.2) is 4.39 Å². The Labute approximate surface area is 129 Å². The standard InChI is InChI=1S/C17H20FN3O/c1-12(2)10-20-15-7-8-19-16(9-15)17(22)21-11-13-3-5-14(18)6-4-13/h3-9,12H,10-11H2,1-2H3,(H,19,20)(H,21,22). The van der Waals surface area contributed by atoms with Crippen LogP contribution in [-0.2, 0) is 6.54 Å². The van der Waals surface area contributed by atoms with Crippen LogP contribution in [0.3, 0.4) is 0 Å². The molecule has 0 unspecified atom stereocenters. The minimum Gasteiger partial charge on any atom is -0.385 e. The normalized spacial score (nSPS) is 10.5. The van der Waals surface area contributed by atoms with Crippen molar-refractivity contribution in [1.82, 2.24) is 10.3 Å². The number of nitrogens with one attached hydrogen (secondary N) is 2. The Hall–Kier alpha value is -2.43. The zero-order valence-corrected chi connectivity index (χ0v) is 12.8. The van der Waals surface area contributed by atoms with E-state index in [0.717, 1.165) is 17.8 Å². The molecule has 0 aliphatic heterocycles. The lowest BCUT2D eigenvalue weighted by atomic mass is 10.2. The zero-order chi connectivity index (χ0) is 15.9. The molecule has 1 aromatic heterocycles. The summed E-state index contributed by atoms with van der Waals surface area (Å²) in [6.45, 7) is 5.40. The maximum atomic E-state index is 12.8. The first-order valence-corrected chi connectivity index (χ1v) is 7.27. The average Bonchev–Trinajstić information content (AvgIpc) is 2.52. The summed E-state index contributed by atoms with van der Waals surface area (Å²) in [6, 6.07) is 9.58. The van der Waals surface area contributed by atoms with Crippen LogP contribution in [0.1, 0.15) is 29.9 Å². The molecule has 0 spiro atoms. The lowest BCUT2D eigenvalue weighted by Crippen LogP contribution is -2.24. The number of nitrogens with zero attached hydrogens (tertiary/aromatic N) is 1. The summed E-state index contributed by atoms with van der Waals surface area (Å²) in [4.78, 5) is 16.2. The van der Waals surface area contributed by atoms with Crippen LogP contribution in [0.5, 0.6) is 0 Å². The van der Waals surface area contributed by atoms with Gasteiger partial charge in [-0.1, -0.05) is 26.0 Å². The second kappa shape index (κ2) is 7.54. The quantitative estimate of drug-likeness (QED) is 0.861. The molecule has 22 heavy (non-hydrogen) atoms. The molecule has 2 N–H and O–H groups in total. The van der Waals surface area contributed by atoms with Crippen LogP contribution in [0.25, 0.3) is 0 Å². The molecular weight excluding hydrogens is 281 g/mol. The van der Waals surface area contributed by atoms with Gasteiger partial charge in [0.2, 0.25) is 0 Å². The molecule has 2 rings (SSSR count). The van der Waals surface area contributed by atoms with Gasteiger partial charge in [0, 0.05) is 25.0 Å². The highest BCUT2D eigenvalue weighted by molar-refractivity contribution is 5.93.